The Labute approximate surface area is 127 Å². The molecule has 0 fully saturated rings. The van der Waals surface area contributed by atoms with Crippen LogP contribution >= 0.6 is 11.6 Å². The number of rotatable bonds is 3. The first-order valence-corrected chi connectivity index (χ1v) is 7.29. The lowest BCUT2D eigenvalue weighted by atomic mass is 10.2. The number of alkyl halides is 1. The maximum absolute atomic E-state index is 13.5. The third-order valence-electron chi connectivity index (χ3n) is 3.59. The van der Waals surface area contributed by atoms with Crippen LogP contribution in [-0.2, 0) is 13.5 Å². The smallest absolute Gasteiger partial charge is 0.163 e. The number of aryl methyl sites for hydroxylation is 4. The minimum atomic E-state index is -0.213. The van der Waals surface area contributed by atoms with Crippen LogP contribution in [0.3, 0.4) is 0 Å². The van der Waals surface area contributed by atoms with Crippen LogP contribution in [0.1, 0.15) is 17.1 Å². The lowest BCUT2D eigenvalue weighted by molar-refractivity contribution is 0.618. The normalized spacial score (nSPS) is 11.5. The summed E-state index contributed by atoms with van der Waals surface area (Å²) in [7, 11) is 1.88. The minimum Gasteiger partial charge on any atom is -0.281 e. The van der Waals surface area contributed by atoms with Crippen molar-refractivity contribution in [1.82, 2.24) is 19.3 Å². The minimum absolute atomic E-state index is 0.213. The Hall–Kier alpha value is -1.88. The van der Waals surface area contributed by atoms with Gasteiger partial charge in [0.25, 0.3) is 0 Å². The van der Waals surface area contributed by atoms with E-state index in [1.54, 1.807) is 17.7 Å². The topological polar surface area (TPSA) is 35.6 Å². The summed E-state index contributed by atoms with van der Waals surface area (Å²) in [6.45, 7) is 3.68. The van der Waals surface area contributed by atoms with E-state index in [0.717, 1.165) is 28.4 Å². The van der Waals surface area contributed by atoms with Crippen molar-refractivity contribution in [2.24, 2.45) is 7.05 Å². The van der Waals surface area contributed by atoms with Crippen molar-refractivity contribution >= 4 is 22.8 Å². The zero-order chi connectivity index (χ0) is 15.1. The predicted octanol–water partition coefficient (Wildman–Crippen LogP) is 3.30. The second kappa shape index (κ2) is 5.15. The number of fused-ring (bicyclic) bond motifs is 1. The van der Waals surface area contributed by atoms with Gasteiger partial charge in [0.05, 0.1) is 5.69 Å². The van der Waals surface area contributed by atoms with E-state index in [2.05, 4.69) is 10.1 Å². The molecule has 110 valence electrons. The summed E-state index contributed by atoms with van der Waals surface area (Å²) in [4.78, 5) is 4.65. The van der Waals surface area contributed by atoms with Gasteiger partial charge >= 0.3 is 0 Å². The molecule has 0 radical (unpaired) electrons. The molecule has 0 aliphatic rings. The van der Waals surface area contributed by atoms with E-state index in [1.807, 2.05) is 24.6 Å². The molecular formula is C15H16ClFN4. The van der Waals surface area contributed by atoms with Crippen LogP contribution in [0.5, 0.6) is 0 Å². The van der Waals surface area contributed by atoms with Crippen LogP contribution in [0.4, 0.5) is 4.39 Å². The molecule has 0 aliphatic heterocycles. The fraction of sp³-hybridized carbons (Fsp3) is 0.333. The number of imidazole rings is 1. The van der Waals surface area contributed by atoms with E-state index < -0.39 is 0 Å². The molecule has 1 aromatic carbocycles. The molecule has 0 unspecified atom stereocenters. The molecule has 0 saturated carbocycles. The Kier molecular flexibility index (Phi) is 3.45. The molecule has 0 saturated heterocycles. The molecule has 3 aromatic rings. The highest BCUT2D eigenvalue weighted by Crippen LogP contribution is 2.25. The highest BCUT2D eigenvalue weighted by Gasteiger charge is 2.18. The summed E-state index contributed by atoms with van der Waals surface area (Å²) in [5.41, 5.74) is 4.11. The number of aromatic nitrogens is 4. The maximum atomic E-state index is 13.5. The summed E-state index contributed by atoms with van der Waals surface area (Å²) in [5, 5.41) is 4.40. The predicted molar refractivity (Wildman–Crippen MR) is 81.7 cm³/mol. The molecule has 2 heterocycles. The largest absolute Gasteiger partial charge is 0.281 e. The number of benzene rings is 1. The molecule has 0 bridgehead atoms. The molecule has 0 amide bonds. The van der Waals surface area contributed by atoms with Crippen LogP contribution in [0, 0.1) is 19.7 Å². The Morgan fingerprint density at radius 1 is 1.29 bits per heavy atom. The average Bonchev–Trinajstić information content (AvgIpc) is 2.93. The van der Waals surface area contributed by atoms with Crippen molar-refractivity contribution in [3.8, 4) is 5.69 Å². The van der Waals surface area contributed by atoms with Crippen LogP contribution in [0.25, 0.3) is 16.9 Å². The van der Waals surface area contributed by atoms with Gasteiger partial charge in [0.2, 0.25) is 0 Å². The first kappa shape index (κ1) is 14.1. The van der Waals surface area contributed by atoms with Gasteiger partial charge in [-0.2, -0.15) is 5.10 Å². The van der Waals surface area contributed by atoms with E-state index in [0.29, 0.717) is 17.9 Å². The molecule has 0 spiro atoms. The molecule has 0 aliphatic carbocycles. The van der Waals surface area contributed by atoms with Gasteiger partial charge in [-0.1, -0.05) is 0 Å². The summed E-state index contributed by atoms with van der Waals surface area (Å²) in [6, 6.07) is 5.05. The van der Waals surface area contributed by atoms with Crippen LogP contribution < -0.4 is 0 Å². The Bertz CT molecular complexity index is 819. The molecule has 6 heteroatoms. The number of nitrogens with zero attached hydrogens (tertiary/aromatic N) is 4. The van der Waals surface area contributed by atoms with E-state index >= 15 is 0 Å². The van der Waals surface area contributed by atoms with Gasteiger partial charge in [0.1, 0.15) is 17.2 Å². The lowest BCUT2D eigenvalue weighted by Gasteiger charge is -2.10. The first-order valence-electron chi connectivity index (χ1n) is 6.76. The molecule has 4 nitrogen and oxygen atoms in total. The fourth-order valence-electron chi connectivity index (χ4n) is 2.61. The van der Waals surface area contributed by atoms with Gasteiger partial charge in [0, 0.05) is 25.0 Å². The highest BCUT2D eigenvalue weighted by atomic mass is 35.5. The van der Waals surface area contributed by atoms with Crippen molar-refractivity contribution in [2.45, 2.75) is 20.3 Å². The van der Waals surface area contributed by atoms with Crippen LogP contribution in [0.2, 0.25) is 0 Å². The standard InChI is InChI=1S/C15H16ClFN4/c1-9-8-11(4-5-12(9)17)21-13(6-7-16)18-14-10(2)19-20(3)15(14)21/h4-5,8H,6-7H2,1-3H3. The summed E-state index contributed by atoms with van der Waals surface area (Å²) < 4.78 is 17.3. The van der Waals surface area contributed by atoms with Gasteiger partial charge in [0.15, 0.2) is 5.65 Å². The van der Waals surface area contributed by atoms with Gasteiger partial charge < -0.3 is 0 Å². The van der Waals surface area contributed by atoms with Crippen molar-refractivity contribution in [1.29, 1.82) is 0 Å². The van der Waals surface area contributed by atoms with E-state index in [1.165, 1.54) is 6.07 Å². The molecular weight excluding hydrogens is 291 g/mol. The second-order valence-corrected chi connectivity index (χ2v) is 5.50. The quantitative estimate of drug-likeness (QED) is 0.696. The van der Waals surface area contributed by atoms with E-state index in [-0.39, 0.29) is 5.82 Å². The maximum Gasteiger partial charge on any atom is 0.163 e. The van der Waals surface area contributed by atoms with E-state index in [4.69, 9.17) is 11.6 Å². The molecule has 0 atom stereocenters. The second-order valence-electron chi connectivity index (χ2n) is 5.12. The average molecular weight is 307 g/mol. The summed E-state index contributed by atoms with van der Waals surface area (Å²) in [6.07, 6.45) is 0.645. The zero-order valence-electron chi connectivity index (χ0n) is 12.2. The van der Waals surface area contributed by atoms with Crippen molar-refractivity contribution in [3.63, 3.8) is 0 Å². The number of hydrogen-bond acceptors (Lipinski definition) is 2. The lowest BCUT2D eigenvalue weighted by Crippen LogP contribution is -2.06. The SMILES string of the molecule is Cc1cc(-n2c(CCCl)nc3c(C)nn(C)c32)ccc1F. The van der Waals surface area contributed by atoms with Crippen molar-refractivity contribution < 1.29 is 4.39 Å². The molecule has 21 heavy (non-hydrogen) atoms. The Balaban J connectivity index is 2.32. The Morgan fingerprint density at radius 2 is 2.05 bits per heavy atom. The van der Waals surface area contributed by atoms with Gasteiger partial charge in [-0.3, -0.25) is 4.57 Å². The third kappa shape index (κ3) is 2.21. The highest BCUT2D eigenvalue weighted by molar-refractivity contribution is 6.17. The number of halogens is 2. The zero-order valence-corrected chi connectivity index (χ0v) is 12.9. The monoisotopic (exact) mass is 306 g/mol. The van der Waals surface area contributed by atoms with Gasteiger partial charge in [-0.05, 0) is 37.6 Å². The fourth-order valence-corrected chi connectivity index (χ4v) is 2.78. The first-order chi connectivity index (χ1) is 10.0. The van der Waals surface area contributed by atoms with Gasteiger partial charge in [-0.25, -0.2) is 14.1 Å². The number of hydrogen-bond donors (Lipinski definition) is 0. The van der Waals surface area contributed by atoms with Crippen LogP contribution in [0.15, 0.2) is 18.2 Å². The van der Waals surface area contributed by atoms with Gasteiger partial charge in [-0.15, -0.1) is 11.6 Å². The molecule has 3 rings (SSSR count). The molecule has 2 aromatic heterocycles. The molecule has 0 N–H and O–H groups in total. The Morgan fingerprint density at radius 3 is 2.71 bits per heavy atom. The van der Waals surface area contributed by atoms with Crippen molar-refractivity contribution in [3.05, 3.63) is 41.1 Å². The van der Waals surface area contributed by atoms with Crippen LogP contribution in [-0.4, -0.2) is 25.2 Å². The summed E-state index contributed by atoms with van der Waals surface area (Å²) in [5.74, 6) is 1.13. The van der Waals surface area contributed by atoms with E-state index in [9.17, 15) is 4.39 Å². The third-order valence-corrected chi connectivity index (χ3v) is 3.78. The van der Waals surface area contributed by atoms with Crippen molar-refractivity contribution in [2.75, 3.05) is 5.88 Å². The summed E-state index contributed by atoms with van der Waals surface area (Å²) >= 11 is 5.89.